The number of nitrogens with one attached hydrogen (secondary N) is 1. The van der Waals surface area contributed by atoms with Gasteiger partial charge in [-0.25, -0.2) is 8.78 Å². The van der Waals surface area contributed by atoms with Crippen molar-refractivity contribution < 1.29 is 18.3 Å². The van der Waals surface area contributed by atoms with Crippen molar-refractivity contribution in [2.45, 2.75) is 64.5 Å². The maximum Gasteiger partial charge on any atom is 0.272 e. The number of alkyl halides is 2. The molecule has 1 saturated heterocycles. The number of carbonyl (C=O) groups is 1. The second kappa shape index (κ2) is 7.62. The van der Waals surface area contributed by atoms with Crippen molar-refractivity contribution in [1.82, 2.24) is 10.2 Å². The molecule has 1 spiro atoms. The molecule has 0 radical (unpaired) electrons. The van der Waals surface area contributed by atoms with Gasteiger partial charge < -0.3 is 10.1 Å². The maximum atomic E-state index is 12.2. The van der Waals surface area contributed by atoms with Crippen molar-refractivity contribution in [3.05, 3.63) is 29.8 Å². The Kier molecular flexibility index (Phi) is 5.34. The quantitative estimate of drug-likeness (QED) is 0.763. The number of hydrogen-bond donors (Lipinski definition) is 1. The van der Waals surface area contributed by atoms with Crippen LogP contribution in [-0.4, -0.2) is 43.0 Å². The Morgan fingerprint density at radius 1 is 1.18 bits per heavy atom. The molecule has 4 nitrogen and oxygen atoms in total. The SMILES string of the molecule is CC1(C(=O)NC2CC3(CCN(Cc4ccc(OCC(F)F)cc4)CC3)C2)CC1. The van der Waals surface area contributed by atoms with Gasteiger partial charge in [-0.3, -0.25) is 9.69 Å². The molecule has 154 valence electrons. The van der Waals surface area contributed by atoms with E-state index in [2.05, 4.69) is 17.1 Å². The first-order chi connectivity index (χ1) is 13.4. The van der Waals surface area contributed by atoms with E-state index in [1.54, 1.807) is 12.1 Å². The minimum atomic E-state index is -2.45. The van der Waals surface area contributed by atoms with Gasteiger partial charge in [-0.2, -0.15) is 0 Å². The second-order valence-corrected chi connectivity index (χ2v) is 9.26. The van der Waals surface area contributed by atoms with Gasteiger partial charge in [-0.15, -0.1) is 0 Å². The van der Waals surface area contributed by atoms with E-state index >= 15 is 0 Å². The molecule has 0 bridgehead atoms. The van der Waals surface area contributed by atoms with Gasteiger partial charge in [0.25, 0.3) is 6.43 Å². The minimum absolute atomic E-state index is 0.0772. The van der Waals surface area contributed by atoms with Gasteiger partial charge in [-0.1, -0.05) is 19.1 Å². The molecule has 2 saturated carbocycles. The van der Waals surface area contributed by atoms with Crippen LogP contribution >= 0.6 is 0 Å². The van der Waals surface area contributed by atoms with E-state index < -0.39 is 13.0 Å². The van der Waals surface area contributed by atoms with Crippen molar-refractivity contribution in [1.29, 1.82) is 0 Å². The summed E-state index contributed by atoms with van der Waals surface area (Å²) in [6, 6.07) is 7.82. The number of carbonyl (C=O) groups excluding carboxylic acids is 1. The smallest absolute Gasteiger partial charge is 0.272 e. The highest BCUT2D eigenvalue weighted by molar-refractivity contribution is 5.85. The lowest BCUT2D eigenvalue weighted by Crippen LogP contribution is -2.55. The zero-order valence-corrected chi connectivity index (χ0v) is 16.6. The molecule has 1 amide bonds. The summed E-state index contributed by atoms with van der Waals surface area (Å²) >= 11 is 0. The first kappa shape index (κ1) is 19.6. The molecule has 1 aromatic carbocycles. The fraction of sp³-hybridized carbons (Fsp3) is 0.682. The minimum Gasteiger partial charge on any atom is -0.488 e. The fourth-order valence-corrected chi connectivity index (χ4v) is 4.56. The number of nitrogens with zero attached hydrogens (tertiary/aromatic N) is 1. The van der Waals surface area contributed by atoms with Crippen molar-refractivity contribution >= 4 is 5.91 Å². The van der Waals surface area contributed by atoms with Crippen LogP contribution in [0.4, 0.5) is 8.78 Å². The molecule has 4 rings (SSSR count). The summed E-state index contributed by atoms with van der Waals surface area (Å²) < 4.78 is 29.4. The lowest BCUT2D eigenvalue weighted by molar-refractivity contribution is -0.128. The third-order valence-electron chi connectivity index (χ3n) is 6.86. The van der Waals surface area contributed by atoms with E-state index in [-0.39, 0.29) is 11.3 Å². The van der Waals surface area contributed by atoms with E-state index in [0.29, 0.717) is 17.2 Å². The Balaban J connectivity index is 1.18. The summed E-state index contributed by atoms with van der Waals surface area (Å²) in [7, 11) is 0. The Bertz CT molecular complexity index is 687. The number of likely N-dealkylation sites (tertiary alicyclic amines) is 1. The molecule has 1 N–H and O–H groups in total. The first-order valence-corrected chi connectivity index (χ1v) is 10.4. The van der Waals surface area contributed by atoms with Crippen LogP contribution in [0.1, 0.15) is 51.0 Å². The molecule has 3 fully saturated rings. The summed E-state index contributed by atoms with van der Waals surface area (Å²) in [6.07, 6.45) is 4.24. The Labute approximate surface area is 165 Å². The molecule has 0 atom stereocenters. The van der Waals surface area contributed by atoms with E-state index in [1.807, 2.05) is 12.1 Å². The normalized spacial score (nSPS) is 23.4. The molecule has 0 aromatic heterocycles. The number of amides is 1. The van der Waals surface area contributed by atoms with Gasteiger partial charge in [0.1, 0.15) is 12.4 Å². The first-order valence-electron chi connectivity index (χ1n) is 10.4. The maximum absolute atomic E-state index is 12.2. The number of rotatable bonds is 7. The molecule has 2 aliphatic carbocycles. The highest BCUT2D eigenvalue weighted by Crippen LogP contribution is 2.50. The van der Waals surface area contributed by atoms with E-state index in [9.17, 15) is 13.6 Å². The van der Waals surface area contributed by atoms with E-state index in [4.69, 9.17) is 4.74 Å². The standard InChI is InChI=1S/C22H30F2N2O2/c1-21(6-7-21)20(27)25-17-12-22(13-17)8-10-26(11-9-22)14-16-2-4-18(5-3-16)28-15-19(23)24/h2-5,17,19H,6-15H2,1H3,(H,25,27). The lowest BCUT2D eigenvalue weighted by atomic mass is 9.60. The molecule has 1 aromatic rings. The number of benzene rings is 1. The van der Waals surface area contributed by atoms with Gasteiger partial charge in [0.05, 0.1) is 0 Å². The van der Waals surface area contributed by atoms with Crippen molar-refractivity contribution in [3.63, 3.8) is 0 Å². The van der Waals surface area contributed by atoms with Crippen LogP contribution in [0.5, 0.6) is 5.75 Å². The van der Waals surface area contributed by atoms with Crippen LogP contribution in [0.3, 0.4) is 0 Å². The number of piperidine rings is 1. The predicted molar refractivity (Wildman–Crippen MR) is 103 cm³/mol. The Hall–Kier alpha value is -1.69. The Morgan fingerprint density at radius 2 is 1.82 bits per heavy atom. The molecular formula is C22H30F2N2O2. The van der Waals surface area contributed by atoms with Crippen molar-refractivity contribution in [2.24, 2.45) is 10.8 Å². The number of hydrogen-bond acceptors (Lipinski definition) is 3. The van der Waals surface area contributed by atoms with Crippen LogP contribution in [0.2, 0.25) is 0 Å². The van der Waals surface area contributed by atoms with Gasteiger partial charge in [-0.05, 0) is 74.7 Å². The average Bonchev–Trinajstić information content (AvgIpc) is 3.40. The third-order valence-corrected chi connectivity index (χ3v) is 6.86. The molecule has 28 heavy (non-hydrogen) atoms. The topological polar surface area (TPSA) is 41.6 Å². The lowest BCUT2D eigenvalue weighted by Gasteiger charge is -2.52. The van der Waals surface area contributed by atoms with Crippen LogP contribution < -0.4 is 10.1 Å². The molecule has 6 heteroatoms. The number of halogens is 2. The van der Waals surface area contributed by atoms with Crippen LogP contribution in [-0.2, 0) is 11.3 Å². The molecular weight excluding hydrogens is 362 g/mol. The molecule has 3 aliphatic rings. The summed E-state index contributed by atoms with van der Waals surface area (Å²) in [5.74, 6) is 0.745. The van der Waals surface area contributed by atoms with E-state index in [1.165, 1.54) is 18.4 Å². The second-order valence-electron chi connectivity index (χ2n) is 9.26. The highest BCUT2D eigenvalue weighted by atomic mass is 19.3. The van der Waals surface area contributed by atoms with Gasteiger partial charge >= 0.3 is 0 Å². The Morgan fingerprint density at radius 3 is 2.39 bits per heavy atom. The van der Waals surface area contributed by atoms with Crippen molar-refractivity contribution in [3.8, 4) is 5.75 Å². The van der Waals surface area contributed by atoms with Crippen LogP contribution in [0.25, 0.3) is 0 Å². The highest BCUT2D eigenvalue weighted by Gasteiger charge is 2.50. The summed E-state index contributed by atoms with van der Waals surface area (Å²) in [5, 5.41) is 3.25. The average molecular weight is 392 g/mol. The number of ether oxygens (including phenoxy) is 1. The molecule has 1 aliphatic heterocycles. The summed E-state index contributed by atoms with van der Waals surface area (Å²) in [4.78, 5) is 14.6. The van der Waals surface area contributed by atoms with Crippen molar-refractivity contribution in [2.75, 3.05) is 19.7 Å². The van der Waals surface area contributed by atoms with Crippen LogP contribution in [0, 0.1) is 10.8 Å². The summed E-state index contributed by atoms with van der Waals surface area (Å²) in [6.45, 7) is 4.52. The molecule has 0 unspecified atom stereocenters. The van der Waals surface area contributed by atoms with Crippen LogP contribution in [0.15, 0.2) is 24.3 Å². The third kappa shape index (κ3) is 4.48. The fourth-order valence-electron chi connectivity index (χ4n) is 4.56. The zero-order valence-electron chi connectivity index (χ0n) is 16.6. The zero-order chi connectivity index (χ0) is 19.8. The summed E-state index contributed by atoms with van der Waals surface area (Å²) in [5.41, 5.74) is 1.52. The predicted octanol–water partition coefficient (Wildman–Crippen LogP) is 3.99. The van der Waals surface area contributed by atoms with E-state index in [0.717, 1.165) is 45.3 Å². The van der Waals surface area contributed by atoms with Gasteiger partial charge in [0.2, 0.25) is 5.91 Å². The van der Waals surface area contributed by atoms with Gasteiger partial charge in [0, 0.05) is 18.0 Å². The largest absolute Gasteiger partial charge is 0.488 e. The monoisotopic (exact) mass is 392 g/mol. The van der Waals surface area contributed by atoms with Gasteiger partial charge in [0.15, 0.2) is 0 Å². The molecule has 1 heterocycles.